The summed E-state index contributed by atoms with van der Waals surface area (Å²) in [6.45, 7) is 16.3. The molecule has 1 spiro atoms. The predicted octanol–water partition coefficient (Wildman–Crippen LogP) is 5.60. The quantitative estimate of drug-likeness (QED) is 0.204. The molecular weight excluding hydrogens is 801 g/mol. The number of rotatable bonds is 8. The third-order valence-corrected chi connectivity index (χ3v) is 14.9. The van der Waals surface area contributed by atoms with Gasteiger partial charge in [0.1, 0.15) is 42.0 Å². The normalized spacial score (nSPS) is 49.4. The molecule has 14 heteroatoms. The van der Waals surface area contributed by atoms with Crippen molar-refractivity contribution in [3.63, 3.8) is 0 Å². The van der Waals surface area contributed by atoms with E-state index in [4.69, 9.17) is 47.4 Å². The molecule has 5 fully saturated rings. The van der Waals surface area contributed by atoms with Crippen molar-refractivity contribution >= 4 is 5.97 Å². The maximum Gasteiger partial charge on any atom is 0.316 e. The maximum absolute atomic E-state index is 14.4. The summed E-state index contributed by atoms with van der Waals surface area (Å²) in [5.74, 6) is -2.10. The second-order valence-electron chi connectivity index (χ2n) is 19.4. The molecular formula is C48H74O14. The van der Waals surface area contributed by atoms with Crippen molar-refractivity contribution in [2.45, 2.75) is 204 Å². The van der Waals surface area contributed by atoms with Gasteiger partial charge in [0.15, 0.2) is 18.4 Å². The number of esters is 1. The van der Waals surface area contributed by atoms with E-state index in [9.17, 15) is 20.1 Å². The molecule has 0 aromatic rings. The molecule has 0 aromatic heterocycles. The summed E-state index contributed by atoms with van der Waals surface area (Å²) in [5.41, 5.74) is 0.188. The molecule has 7 rings (SSSR count). The van der Waals surface area contributed by atoms with Crippen LogP contribution in [-0.4, -0.2) is 139 Å². The number of allylic oxidation sites excluding steroid dienone is 2. The van der Waals surface area contributed by atoms with Gasteiger partial charge >= 0.3 is 5.97 Å². The minimum Gasteiger partial charge on any atom is -0.462 e. The van der Waals surface area contributed by atoms with Crippen LogP contribution in [0.4, 0.5) is 0 Å². The van der Waals surface area contributed by atoms with Gasteiger partial charge in [-0.25, -0.2) is 0 Å². The first-order valence-electron chi connectivity index (χ1n) is 23.2. The first-order valence-corrected chi connectivity index (χ1v) is 23.2. The summed E-state index contributed by atoms with van der Waals surface area (Å²) in [6, 6.07) is 0. The van der Waals surface area contributed by atoms with Gasteiger partial charge < -0.3 is 62.7 Å². The van der Waals surface area contributed by atoms with Crippen LogP contribution in [0, 0.1) is 23.7 Å². The molecule has 0 saturated carbocycles. The van der Waals surface area contributed by atoms with Gasteiger partial charge in [-0.1, -0.05) is 64.5 Å². The minimum atomic E-state index is -1.82. The van der Waals surface area contributed by atoms with E-state index in [1.165, 1.54) is 0 Å². The number of methoxy groups -OCH3 is 2. The van der Waals surface area contributed by atoms with Crippen molar-refractivity contribution in [3.8, 4) is 0 Å². The van der Waals surface area contributed by atoms with Gasteiger partial charge in [-0.3, -0.25) is 4.79 Å². The largest absolute Gasteiger partial charge is 0.462 e. The van der Waals surface area contributed by atoms with Crippen LogP contribution in [0.3, 0.4) is 0 Å². The monoisotopic (exact) mass is 875 g/mol. The highest BCUT2D eigenvalue weighted by Crippen LogP contribution is 2.48. The first kappa shape index (κ1) is 47.9. The molecule has 62 heavy (non-hydrogen) atoms. The zero-order valence-electron chi connectivity index (χ0n) is 38.5. The summed E-state index contributed by atoms with van der Waals surface area (Å²) in [4.78, 5) is 14.4. The summed E-state index contributed by atoms with van der Waals surface area (Å²) in [6.07, 6.45) is 6.53. The van der Waals surface area contributed by atoms with E-state index in [1.807, 2.05) is 19.1 Å². The molecule has 0 amide bonds. The Morgan fingerprint density at radius 2 is 1.63 bits per heavy atom. The van der Waals surface area contributed by atoms with Gasteiger partial charge in [-0.15, -0.1) is 0 Å². The molecule has 20 atom stereocenters. The Balaban J connectivity index is 1.18. The fourth-order valence-electron chi connectivity index (χ4n) is 11.0. The van der Waals surface area contributed by atoms with E-state index in [0.29, 0.717) is 61.5 Å². The Hall–Kier alpha value is -2.05. The van der Waals surface area contributed by atoms with Crippen LogP contribution < -0.4 is 0 Å². The summed E-state index contributed by atoms with van der Waals surface area (Å²) >= 11 is 0. The second kappa shape index (κ2) is 19.8. The summed E-state index contributed by atoms with van der Waals surface area (Å²) < 4.78 is 63.9. The standard InChI is InChI=1S/C48H74O14/c1-11-25(2)43-28(5)17-18-47(62-43)23-34-20-33(61-47)16-15-27(4)42(26(3)13-12-14-32-24-55-45-40(49)29(6)19-35(46(51)58-34)48(32,45)52)59-39-22-37(54-10)44(31(8)57-39)60-38-21-36(53-9)41(50)30(7)56-38/h12-15,19,25-26,28,30-31,33-45,49-50,52H,11,16-18,20-24H2,1-10H3/b13-12+,27-15+,32-14+/t25?,26-,28?,30-,31-,33?,34?,35-,36-,37-,38?,39-,40+,41-,42-,43+,44?,45+,47+,48+/m0/s1. The molecule has 1 aliphatic carbocycles. The third-order valence-electron chi connectivity index (χ3n) is 14.9. The lowest BCUT2D eigenvalue weighted by molar-refractivity contribution is -0.340. The van der Waals surface area contributed by atoms with Crippen molar-refractivity contribution in [1.82, 2.24) is 0 Å². The molecule has 0 aromatic carbocycles. The number of aliphatic hydroxyl groups excluding tert-OH is 2. The number of hydrogen-bond donors (Lipinski definition) is 3. The van der Waals surface area contributed by atoms with Gasteiger partial charge in [0.05, 0.1) is 49.3 Å². The molecule has 6 aliphatic heterocycles. The smallest absolute Gasteiger partial charge is 0.316 e. The van der Waals surface area contributed by atoms with E-state index in [2.05, 4.69) is 40.7 Å². The highest BCUT2D eigenvalue weighted by atomic mass is 16.7. The van der Waals surface area contributed by atoms with Crippen LogP contribution >= 0.6 is 0 Å². The van der Waals surface area contributed by atoms with Crippen LogP contribution in [0.5, 0.6) is 0 Å². The fourth-order valence-corrected chi connectivity index (χ4v) is 11.0. The maximum atomic E-state index is 14.4. The van der Waals surface area contributed by atoms with Crippen LogP contribution in [0.15, 0.2) is 47.1 Å². The highest BCUT2D eigenvalue weighted by Gasteiger charge is 2.60. The van der Waals surface area contributed by atoms with E-state index in [0.717, 1.165) is 18.4 Å². The number of aliphatic hydroxyl groups is 3. The molecule has 3 N–H and O–H groups in total. The summed E-state index contributed by atoms with van der Waals surface area (Å²) in [5, 5.41) is 34.2. The Bertz CT molecular complexity index is 1680. The highest BCUT2D eigenvalue weighted by molar-refractivity contribution is 5.78. The zero-order valence-corrected chi connectivity index (χ0v) is 38.5. The Morgan fingerprint density at radius 3 is 2.35 bits per heavy atom. The average molecular weight is 875 g/mol. The lowest BCUT2D eigenvalue weighted by Crippen LogP contribution is -2.58. The molecule has 7 aliphatic rings. The Kier molecular flexibility index (Phi) is 15.3. The molecule has 350 valence electrons. The SMILES string of the molecule is CCC(C)[C@H]1O[C@]2(CCC1C)CC1CC(C/C=C(\C)[C@@H](O[C@H]3C[C@H](OC)C(OC4C[C@H](OC)[C@@H](O)[C@H](C)O4)[C@H](C)O3)[C@@H](C)/C=C/C=C3\CO[C@@H]4[C@H](O)C(C)=C[C@@H](C(=O)O1)[C@]34O)O2. The van der Waals surface area contributed by atoms with Crippen molar-refractivity contribution < 1.29 is 67.5 Å². The van der Waals surface area contributed by atoms with E-state index >= 15 is 0 Å². The molecule has 14 nitrogen and oxygen atoms in total. The zero-order chi connectivity index (χ0) is 44.7. The molecule has 6 unspecified atom stereocenters. The topological polar surface area (TPSA) is 170 Å². The van der Waals surface area contributed by atoms with Crippen molar-refractivity contribution in [3.05, 3.63) is 47.1 Å². The molecule has 5 saturated heterocycles. The third kappa shape index (κ3) is 9.73. The predicted molar refractivity (Wildman–Crippen MR) is 227 cm³/mol. The number of ether oxygens (including phenoxy) is 10. The van der Waals surface area contributed by atoms with E-state index in [-0.39, 0.29) is 30.8 Å². The lowest BCUT2D eigenvalue weighted by Gasteiger charge is -2.51. The second-order valence-corrected chi connectivity index (χ2v) is 19.4. The summed E-state index contributed by atoms with van der Waals surface area (Å²) in [7, 11) is 3.23. The number of carbonyl (C=O) groups excluding carboxylic acids is 1. The number of carbonyl (C=O) groups is 1. The van der Waals surface area contributed by atoms with E-state index in [1.54, 1.807) is 40.2 Å². The van der Waals surface area contributed by atoms with Crippen molar-refractivity contribution in [1.29, 1.82) is 0 Å². The van der Waals surface area contributed by atoms with Crippen LogP contribution in [0.25, 0.3) is 0 Å². The molecule has 0 radical (unpaired) electrons. The van der Waals surface area contributed by atoms with Gasteiger partial charge in [-0.05, 0) is 69.1 Å². The van der Waals surface area contributed by atoms with Gasteiger partial charge in [0.25, 0.3) is 0 Å². The van der Waals surface area contributed by atoms with Crippen LogP contribution in [0.2, 0.25) is 0 Å². The number of fused-ring (bicyclic) bond motifs is 2. The minimum absolute atomic E-state index is 0.00708. The Morgan fingerprint density at radius 1 is 0.919 bits per heavy atom. The van der Waals surface area contributed by atoms with Crippen LogP contribution in [0.1, 0.15) is 107 Å². The van der Waals surface area contributed by atoms with Gasteiger partial charge in [-0.2, -0.15) is 0 Å². The van der Waals surface area contributed by atoms with Crippen molar-refractivity contribution in [2.75, 3.05) is 20.8 Å². The molecule has 2 bridgehead atoms. The molecule has 6 heterocycles. The number of hydrogen-bond acceptors (Lipinski definition) is 14. The van der Waals surface area contributed by atoms with Gasteiger partial charge in [0.2, 0.25) is 0 Å². The Labute approximate surface area is 368 Å². The fraction of sp³-hybridized carbons (Fsp3) is 0.812. The average Bonchev–Trinajstić information content (AvgIpc) is 3.58. The first-order chi connectivity index (χ1) is 29.5. The van der Waals surface area contributed by atoms with Crippen LogP contribution in [-0.2, 0) is 52.2 Å². The lowest BCUT2D eigenvalue weighted by atomic mass is 9.71. The van der Waals surface area contributed by atoms with Gasteiger partial charge in [0, 0.05) is 52.2 Å². The van der Waals surface area contributed by atoms with E-state index < -0.39 is 90.8 Å². The van der Waals surface area contributed by atoms with Crippen molar-refractivity contribution in [2.24, 2.45) is 23.7 Å².